The summed E-state index contributed by atoms with van der Waals surface area (Å²) >= 11 is 5.64. The largest absolute Gasteiger partial charge is 0.397 e. The molecule has 1 aliphatic rings. The Hall–Kier alpha value is -0.450. The van der Waals surface area contributed by atoms with Crippen LogP contribution in [0, 0.1) is 5.92 Å². The van der Waals surface area contributed by atoms with E-state index in [2.05, 4.69) is 0 Å². The van der Waals surface area contributed by atoms with Crippen molar-refractivity contribution in [3.05, 3.63) is 0 Å². The zero-order valence-corrected chi connectivity index (χ0v) is 9.11. The predicted molar refractivity (Wildman–Crippen MR) is 50.7 cm³/mol. The monoisotopic (exact) mass is 243 g/mol. The van der Waals surface area contributed by atoms with Gasteiger partial charge in [-0.15, -0.1) is 11.6 Å². The molecule has 0 saturated carbocycles. The van der Waals surface area contributed by atoms with Gasteiger partial charge in [0, 0.05) is 18.5 Å². The van der Waals surface area contributed by atoms with Gasteiger partial charge >= 0.3 is 6.18 Å². The average Bonchev–Trinajstić information content (AvgIpc) is 2.43. The molecule has 0 aromatic heterocycles. The molecule has 1 rings (SSSR count). The van der Waals surface area contributed by atoms with Crippen LogP contribution in [-0.2, 0) is 4.79 Å². The molecule has 2 nitrogen and oxygen atoms in total. The molecule has 0 radical (unpaired) electrons. The lowest BCUT2D eigenvalue weighted by Gasteiger charge is -2.25. The highest BCUT2D eigenvalue weighted by Crippen LogP contribution is 2.28. The number of hydrogen-bond acceptors (Lipinski definition) is 1. The first-order chi connectivity index (χ1) is 6.85. The van der Waals surface area contributed by atoms with Crippen molar-refractivity contribution in [2.45, 2.75) is 32.0 Å². The molecule has 1 aliphatic heterocycles. The summed E-state index contributed by atoms with van der Waals surface area (Å²) in [5.74, 6) is -0.484. The number of carbonyl (C=O) groups is 1. The minimum atomic E-state index is -4.43. The van der Waals surface area contributed by atoms with Crippen molar-refractivity contribution < 1.29 is 18.0 Å². The van der Waals surface area contributed by atoms with Crippen molar-refractivity contribution in [3.8, 4) is 0 Å². The summed E-state index contributed by atoms with van der Waals surface area (Å²) in [5.41, 5.74) is 0. The highest BCUT2D eigenvalue weighted by atomic mass is 35.5. The molecule has 15 heavy (non-hydrogen) atoms. The van der Waals surface area contributed by atoms with Crippen molar-refractivity contribution in [3.63, 3.8) is 0 Å². The molecule has 2 atom stereocenters. The molecule has 0 aliphatic carbocycles. The van der Waals surface area contributed by atoms with Gasteiger partial charge in [-0.2, -0.15) is 13.2 Å². The number of amides is 1. The normalized spacial score (nSPS) is 27.1. The summed E-state index contributed by atoms with van der Waals surface area (Å²) in [4.78, 5) is 12.6. The molecule has 0 spiro atoms. The van der Waals surface area contributed by atoms with E-state index in [4.69, 9.17) is 11.6 Å². The van der Waals surface area contributed by atoms with Gasteiger partial charge < -0.3 is 4.90 Å². The van der Waals surface area contributed by atoms with Gasteiger partial charge in [0.2, 0.25) is 5.91 Å². The van der Waals surface area contributed by atoms with Gasteiger partial charge in [-0.1, -0.05) is 6.92 Å². The first kappa shape index (κ1) is 12.6. The predicted octanol–water partition coefficient (Wildman–Crippen LogP) is 2.41. The van der Waals surface area contributed by atoms with Crippen LogP contribution in [0.3, 0.4) is 0 Å². The first-order valence-electron chi connectivity index (χ1n) is 4.77. The summed E-state index contributed by atoms with van der Waals surface area (Å²) < 4.78 is 36.0. The van der Waals surface area contributed by atoms with Crippen LogP contribution in [0.4, 0.5) is 13.2 Å². The second kappa shape index (κ2) is 4.60. The third kappa shape index (κ3) is 3.26. The topological polar surface area (TPSA) is 20.3 Å². The lowest BCUT2D eigenvalue weighted by atomic mass is 10.1. The molecule has 2 unspecified atom stereocenters. The standard InChI is InChI=1S/C9H13ClF3NO/c1-6-2-3-14(7(6)5-10)8(15)4-9(11,12)13/h6-7H,2-5H2,1H3. The van der Waals surface area contributed by atoms with Gasteiger partial charge in [-0.25, -0.2) is 0 Å². The lowest BCUT2D eigenvalue weighted by Crippen LogP contribution is -2.40. The van der Waals surface area contributed by atoms with E-state index in [1.807, 2.05) is 6.92 Å². The van der Waals surface area contributed by atoms with Crippen molar-refractivity contribution in [1.29, 1.82) is 0 Å². The third-order valence-electron chi connectivity index (χ3n) is 2.71. The number of rotatable bonds is 2. The number of likely N-dealkylation sites (tertiary alicyclic amines) is 1. The van der Waals surface area contributed by atoms with Crippen molar-refractivity contribution in [1.82, 2.24) is 4.90 Å². The number of halogens is 4. The molecule has 0 bridgehead atoms. The van der Waals surface area contributed by atoms with Gasteiger partial charge in [-0.3, -0.25) is 4.79 Å². The number of carbonyl (C=O) groups excluding carboxylic acids is 1. The maximum absolute atomic E-state index is 12.0. The molecule has 1 fully saturated rings. The molecule has 0 N–H and O–H groups in total. The molecule has 1 amide bonds. The highest BCUT2D eigenvalue weighted by Gasteiger charge is 2.39. The molecular weight excluding hydrogens is 231 g/mol. The zero-order chi connectivity index (χ0) is 11.6. The summed E-state index contributed by atoms with van der Waals surface area (Å²) in [6.45, 7) is 2.28. The molecular formula is C9H13ClF3NO. The second-order valence-electron chi connectivity index (χ2n) is 3.87. The van der Waals surface area contributed by atoms with E-state index in [0.717, 1.165) is 6.42 Å². The smallest absolute Gasteiger partial charge is 0.338 e. The fourth-order valence-electron chi connectivity index (χ4n) is 1.83. The van der Waals surface area contributed by atoms with Crippen LogP contribution in [0.5, 0.6) is 0 Å². The van der Waals surface area contributed by atoms with Crippen LogP contribution in [0.1, 0.15) is 19.8 Å². The highest BCUT2D eigenvalue weighted by molar-refractivity contribution is 6.18. The quantitative estimate of drug-likeness (QED) is 0.682. The molecule has 1 saturated heterocycles. The summed E-state index contributed by atoms with van der Waals surface area (Å²) in [6.07, 6.45) is -5.09. The van der Waals surface area contributed by atoms with E-state index < -0.39 is 18.5 Å². The summed E-state index contributed by atoms with van der Waals surface area (Å²) in [5, 5.41) is 0. The minimum absolute atomic E-state index is 0.180. The van der Waals surface area contributed by atoms with E-state index in [0.29, 0.717) is 6.54 Å². The van der Waals surface area contributed by atoms with Gasteiger partial charge in [-0.05, 0) is 12.3 Å². The summed E-state index contributed by atoms with van der Waals surface area (Å²) in [7, 11) is 0. The maximum atomic E-state index is 12.0. The van der Waals surface area contributed by atoms with Crippen LogP contribution in [0.2, 0.25) is 0 Å². The van der Waals surface area contributed by atoms with Crippen LogP contribution in [0.15, 0.2) is 0 Å². The van der Waals surface area contributed by atoms with Crippen LogP contribution in [-0.4, -0.2) is 35.4 Å². The van der Waals surface area contributed by atoms with Crippen LogP contribution < -0.4 is 0 Å². The maximum Gasteiger partial charge on any atom is 0.397 e. The van der Waals surface area contributed by atoms with Gasteiger partial charge in [0.05, 0.1) is 0 Å². The molecule has 0 aromatic carbocycles. The van der Waals surface area contributed by atoms with Crippen molar-refractivity contribution in [2.75, 3.05) is 12.4 Å². The Kier molecular flexibility index (Phi) is 3.87. The minimum Gasteiger partial charge on any atom is -0.338 e. The third-order valence-corrected chi connectivity index (χ3v) is 3.03. The molecule has 1 heterocycles. The lowest BCUT2D eigenvalue weighted by molar-refractivity contribution is -0.161. The van der Waals surface area contributed by atoms with Gasteiger partial charge in [0.1, 0.15) is 6.42 Å². The van der Waals surface area contributed by atoms with Crippen molar-refractivity contribution >= 4 is 17.5 Å². The first-order valence-corrected chi connectivity index (χ1v) is 5.31. The number of hydrogen-bond donors (Lipinski definition) is 0. The fraction of sp³-hybridized carbons (Fsp3) is 0.889. The van der Waals surface area contributed by atoms with E-state index >= 15 is 0 Å². The molecule has 0 aromatic rings. The Morgan fingerprint density at radius 1 is 1.53 bits per heavy atom. The molecule has 88 valence electrons. The van der Waals surface area contributed by atoms with E-state index in [1.165, 1.54) is 4.90 Å². The average molecular weight is 244 g/mol. The van der Waals surface area contributed by atoms with E-state index in [9.17, 15) is 18.0 Å². The Morgan fingerprint density at radius 3 is 2.60 bits per heavy atom. The van der Waals surface area contributed by atoms with Crippen LogP contribution >= 0.6 is 11.6 Å². The SMILES string of the molecule is CC1CCN(C(=O)CC(F)(F)F)C1CCl. The Bertz CT molecular complexity index is 244. The van der Waals surface area contributed by atoms with E-state index in [-0.39, 0.29) is 17.8 Å². The zero-order valence-electron chi connectivity index (χ0n) is 8.35. The molecule has 6 heteroatoms. The summed E-state index contributed by atoms with van der Waals surface area (Å²) in [6, 6.07) is -0.249. The fourth-order valence-corrected chi connectivity index (χ4v) is 2.30. The Labute approximate surface area is 91.4 Å². The van der Waals surface area contributed by atoms with Gasteiger partial charge in [0.15, 0.2) is 0 Å². The Balaban J connectivity index is 2.60. The van der Waals surface area contributed by atoms with Crippen molar-refractivity contribution in [2.24, 2.45) is 5.92 Å². The number of alkyl halides is 4. The second-order valence-corrected chi connectivity index (χ2v) is 4.18. The Morgan fingerprint density at radius 2 is 2.13 bits per heavy atom. The van der Waals surface area contributed by atoms with E-state index in [1.54, 1.807) is 0 Å². The number of nitrogens with zero attached hydrogens (tertiary/aromatic N) is 1. The van der Waals surface area contributed by atoms with Crippen LogP contribution in [0.25, 0.3) is 0 Å². The van der Waals surface area contributed by atoms with Gasteiger partial charge in [0.25, 0.3) is 0 Å².